The Balaban J connectivity index is 1.24. The Hall–Kier alpha value is -6.90. The molecule has 0 aliphatic rings. The van der Waals surface area contributed by atoms with Crippen LogP contribution in [0.2, 0.25) is 0 Å². The lowest BCUT2D eigenvalue weighted by atomic mass is 9.87. The van der Waals surface area contributed by atoms with Gasteiger partial charge in [-0.15, -0.1) is 0 Å². The number of hydrogen-bond donors (Lipinski definition) is 0. The molecule has 0 saturated heterocycles. The third-order valence-electron chi connectivity index (χ3n) is 13.5. The molecule has 2 heteroatoms. The van der Waals surface area contributed by atoms with E-state index in [2.05, 4.69) is 247 Å². The lowest BCUT2D eigenvalue weighted by Gasteiger charge is -2.28. The summed E-state index contributed by atoms with van der Waals surface area (Å²) in [4.78, 5) is 4.91. The van der Waals surface area contributed by atoms with Crippen molar-refractivity contribution in [3.8, 4) is 0 Å². The highest BCUT2D eigenvalue weighted by molar-refractivity contribution is 6.39. The molecule has 0 atom stereocenters. The van der Waals surface area contributed by atoms with Gasteiger partial charge in [0.15, 0.2) is 0 Å². The molecule has 0 aliphatic heterocycles. The van der Waals surface area contributed by atoms with Crippen molar-refractivity contribution in [3.05, 3.63) is 204 Å². The molecule has 0 amide bonds. The van der Waals surface area contributed by atoms with Gasteiger partial charge in [0.1, 0.15) is 0 Å². The van der Waals surface area contributed by atoms with Crippen molar-refractivity contribution in [1.29, 1.82) is 0 Å². The lowest BCUT2D eigenvalue weighted by molar-refractivity contribution is 0.864. The molecule has 316 valence electrons. The fraction of sp³-hybridized carbons (Fsp3) is 0.194. The van der Waals surface area contributed by atoms with Crippen molar-refractivity contribution in [1.82, 2.24) is 0 Å². The number of nitrogens with zero attached hydrogens (tertiary/aromatic N) is 2. The predicted octanol–water partition coefficient (Wildman–Crippen LogP) is 18.9. The van der Waals surface area contributed by atoms with Gasteiger partial charge in [0.05, 0.1) is 0 Å². The van der Waals surface area contributed by atoms with Crippen LogP contribution in [-0.2, 0) is 0 Å². The molecular weight excluding hydrogens is 773 g/mol. The van der Waals surface area contributed by atoms with E-state index in [4.69, 9.17) is 0 Å². The molecule has 0 unspecified atom stereocenters. The van der Waals surface area contributed by atoms with E-state index in [9.17, 15) is 0 Å². The molecule has 0 heterocycles. The summed E-state index contributed by atoms with van der Waals surface area (Å²) in [7, 11) is 0. The summed E-state index contributed by atoms with van der Waals surface area (Å²) in [5, 5.41) is 12.7. The van der Waals surface area contributed by atoms with Crippen molar-refractivity contribution in [2.75, 3.05) is 9.80 Å². The SMILES string of the molecule is CC(C)c1cccc(N(c2cccc(C(C)C)c2)c2ccc3c(c2)c2ccccc2c2c4ccc(N(c5cccc(C(C)C)c5)c5cccc(C(C)C)c5)cc4c4ccccc4c32)c1. The van der Waals surface area contributed by atoms with E-state index in [0.29, 0.717) is 23.7 Å². The van der Waals surface area contributed by atoms with Crippen LogP contribution in [0.15, 0.2) is 182 Å². The number of benzene rings is 10. The van der Waals surface area contributed by atoms with E-state index in [1.54, 1.807) is 0 Å². The number of fused-ring (bicyclic) bond motifs is 11. The molecule has 0 radical (unpaired) electrons. The number of anilines is 6. The summed E-state index contributed by atoms with van der Waals surface area (Å²) in [6.07, 6.45) is 0. The minimum absolute atomic E-state index is 0.421. The number of hydrogen-bond acceptors (Lipinski definition) is 2. The van der Waals surface area contributed by atoms with Crippen LogP contribution in [0.5, 0.6) is 0 Å². The Bertz CT molecular complexity index is 3040. The summed E-state index contributed by atoms with van der Waals surface area (Å²) in [6, 6.07) is 68.8. The first-order valence-corrected chi connectivity index (χ1v) is 23.3. The zero-order valence-electron chi connectivity index (χ0n) is 38.5. The highest BCUT2D eigenvalue weighted by Gasteiger charge is 2.22. The zero-order valence-corrected chi connectivity index (χ0v) is 38.5. The topological polar surface area (TPSA) is 6.48 Å². The molecule has 10 aromatic rings. The normalized spacial score (nSPS) is 12.0. The summed E-state index contributed by atoms with van der Waals surface area (Å²) >= 11 is 0. The first-order valence-electron chi connectivity index (χ1n) is 23.3. The molecule has 64 heavy (non-hydrogen) atoms. The van der Waals surface area contributed by atoms with Gasteiger partial charge in [0.2, 0.25) is 0 Å². The van der Waals surface area contributed by atoms with Gasteiger partial charge in [-0.05, 0) is 173 Å². The Morgan fingerprint density at radius 1 is 0.234 bits per heavy atom. The fourth-order valence-corrected chi connectivity index (χ4v) is 9.91. The molecule has 0 N–H and O–H groups in total. The quantitative estimate of drug-likeness (QED) is 0.127. The first-order chi connectivity index (χ1) is 31.0. The monoisotopic (exact) mass is 830 g/mol. The van der Waals surface area contributed by atoms with Gasteiger partial charge in [-0.2, -0.15) is 0 Å². The largest absolute Gasteiger partial charge is 0.310 e. The second kappa shape index (κ2) is 16.7. The van der Waals surface area contributed by atoms with E-state index in [1.807, 2.05) is 0 Å². The van der Waals surface area contributed by atoms with Crippen LogP contribution >= 0.6 is 0 Å². The lowest BCUT2D eigenvalue weighted by Crippen LogP contribution is -2.11. The fourth-order valence-electron chi connectivity index (χ4n) is 9.91. The van der Waals surface area contributed by atoms with Crippen molar-refractivity contribution in [2.45, 2.75) is 79.1 Å². The van der Waals surface area contributed by atoms with E-state index in [-0.39, 0.29) is 0 Å². The van der Waals surface area contributed by atoms with E-state index in [1.165, 1.54) is 98.9 Å². The summed E-state index contributed by atoms with van der Waals surface area (Å²) in [5.41, 5.74) is 12.3. The molecule has 0 aromatic heterocycles. The highest BCUT2D eigenvalue weighted by Crippen LogP contribution is 2.48. The van der Waals surface area contributed by atoms with Crippen LogP contribution in [-0.4, -0.2) is 0 Å². The molecule has 0 fully saturated rings. The Kier molecular flexibility index (Phi) is 10.7. The Labute approximate surface area is 379 Å². The van der Waals surface area contributed by atoms with Gasteiger partial charge in [0, 0.05) is 34.1 Å². The molecule has 0 saturated carbocycles. The van der Waals surface area contributed by atoms with Crippen molar-refractivity contribution in [3.63, 3.8) is 0 Å². The van der Waals surface area contributed by atoms with Crippen LogP contribution in [0, 0.1) is 0 Å². The maximum atomic E-state index is 2.45. The van der Waals surface area contributed by atoms with Crippen molar-refractivity contribution in [2.24, 2.45) is 0 Å². The van der Waals surface area contributed by atoms with Crippen LogP contribution in [0.4, 0.5) is 34.1 Å². The van der Waals surface area contributed by atoms with Crippen molar-refractivity contribution >= 4 is 88.0 Å². The van der Waals surface area contributed by atoms with Crippen LogP contribution in [0.3, 0.4) is 0 Å². The third-order valence-corrected chi connectivity index (χ3v) is 13.5. The van der Waals surface area contributed by atoms with Gasteiger partial charge >= 0.3 is 0 Å². The molecule has 0 spiro atoms. The van der Waals surface area contributed by atoms with Gasteiger partial charge in [-0.1, -0.05) is 165 Å². The minimum atomic E-state index is 0.421. The first kappa shape index (κ1) is 41.1. The Morgan fingerprint density at radius 2 is 0.500 bits per heavy atom. The Morgan fingerprint density at radius 3 is 0.797 bits per heavy atom. The summed E-state index contributed by atoms with van der Waals surface area (Å²) in [5.74, 6) is 1.69. The molecule has 2 nitrogen and oxygen atoms in total. The van der Waals surface area contributed by atoms with Gasteiger partial charge < -0.3 is 9.80 Å². The highest BCUT2D eigenvalue weighted by atomic mass is 15.1. The smallest absolute Gasteiger partial charge is 0.0468 e. The predicted molar refractivity (Wildman–Crippen MR) is 280 cm³/mol. The van der Waals surface area contributed by atoms with Crippen LogP contribution in [0.1, 0.15) is 101 Å². The zero-order chi connectivity index (χ0) is 44.2. The maximum Gasteiger partial charge on any atom is 0.0468 e. The third kappa shape index (κ3) is 7.25. The van der Waals surface area contributed by atoms with Crippen molar-refractivity contribution < 1.29 is 0 Å². The average Bonchev–Trinajstić information content (AvgIpc) is 3.32. The number of rotatable bonds is 10. The van der Waals surface area contributed by atoms with E-state index >= 15 is 0 Å². The standard InChI is InChI=1S/C62H58N2/c1-39(2)43-17-13-21-47(33-43)63(48-22-14-18-44(34-48)40(3)4)51-29-31-57-59(37-51)53-25-9-11-27-55(53)62-58-32-30-52(38-60(58)54-26-10-12-28-56(54)61(57)62)64(49-23-15-19-45(35-49)41(5)6)50-24-16-20-46(36-50)42(7)8/h9-42H,1-8H3. The second-order valence-electron chi connectivity index (χ2n) is 19.0. The second-order valence-corrected chi connectivity index (χ2v) is 19.0. The van der Waals surface area contributed by atoms with Gasteiger partial charge in [-0.3, -0.25) is 0 Å². The average molecular weight is 831 g/mol. The molecular formula is C62H58N2. The van der Waals surface area contributed by atoms with E-state index in [0.717, 1.165) is 11.4 Å². The summed E-state index contributed by atoms with van der Waals surface area (Å²) in [6.45, 7) is 18.2. The molecule has 10 rings (SSSR count). The van der Waals surface area contributed by atoms with E-state index < -0.39 is 0 Å². The summed E-state index contributed by atoms with van der Waals surface area (Å²) < 4.78 is 0. The molecule has 0 aliphatic carbocycles. The van der Waals surface area contributed by atoms with Crippen LogP contribution in [0.25, 0.3) is 53.9 Å². The van der Waals surface area contributed by atoms with Gasteiger partial charge in [0.25, 0.3) is 0 Å². The minimum Gasteiger partial charge on any atom is -0.310 e. The maximum absolute atomic E-state index is 2.45. The van der Waals surface area contributed by atoms with Crippen LogP contribution < -0.4 is 9.80 Å². The molecule has 10 aromatic carbocycles. The molecule has 0 bridgehead atoms. The van der Waals surface area contributed by atoms with Gasteiger partial charge in [-0.25, -0.2) is 0 Å².